The van der Waals surface area contributed by atoms with Crippen molar-refractivity contribution >= 4 is 23.4 Å². The molecule has 35 heavy (non-hydrogen) atoms. The van der Waals surface area contributed by atoms with Gasteiger partial charge in [0.25, 0.3) is 0 Å². The van der Waals surface area contributed by atoms with Crippen LogP contribution in [0.2, 0.25) is 0 Å². The van der Waals surface area contributed by atoms with Crippen LogP contribution < -0.4 is 14.8 Å². The SMILES string of the molecule is COc1ccc(-n2c(COc3ccc(C)cc3)nnc2SCC(=O)Nc2ccc(C)c(F)c2)cc1. The summed E-state index contributed by atoms with van der Waals surface area (Å²) < 4.78 is 26.8. The molecular weight excluding hydrogens is 467 g/mol. The van der Waals surface area contributed by atoms with Gasteiger partial charge in [0.2, 0.25) is 5.91 Å². The van der Waals surface area contributed by atoms with E-state index in [1.807, 2.05) is 60.0 Å². The average Bonchev–Trinajstić information content (AvgIpc) is 3.27. The third-order valence-corrected chi connectivity index (χ3v) is 6.14. The number of anilines is 1. The number of benzene rings is 3. The van der Waals surface area contributed by atoms with E-state index in [1.54, 1.807) is 26.2 Å². The fourth-order valence-electron chi connectivity index (χ4n) is 3.26. The largest absolute Gasteiger partial charge is 0.497 e. The predicted octanol–water partition coefficient (Wildman–Crippen LogP) is 5.34. The van der Waals surface area contributed by atoms with E-state index in [9.17, 15) is 9.18 Å². The number of aryl methyl sites for hydroxylation is 2. The maximum atomic E-state index is 13.8. The molecule has 0 bridgehead atoms. The minimum Gasteiger partial charge on any atom is -0.497 e. The maximum Gasteiger partial charge on any atom is 0.234 e. The summed E-state index contributed by atoms with van der Waals surface area (Å²) >= 11 is 1.23. The normalized spacial score (nSPS) is 10.7. The van der Waals surface area contributed by atoms with Crippen LogP contribution in [0, 0.1) is 19.7 Å². The van der Waals surface area contributed by atoms with Gasteiger partial charge < -0.3 is 14.8 Å². The van der Waals surface area contributed by atoms with E-state index in [2.05, 4.69) is 15.5 Å². The van der Waals surface area contributed by atoms with Crippen LogP contribution in [0.1, 0.15) is 17.0 Å². The summed E-state index contributed by atoms with van der Waals surface area (Å²) in [5.74, 6) is 1.45. The third-order valence-electron chi connectivity index (χ3n) is 5.21. The fourth-order valence-corrected chi connectivity index (χ4v) is 4.03. The van der Waals surface area contributed by atoms with Crippen molar-refractivity contribution in [3.8, 4) is 17.2 Å². The number of thioether (sulfide) groups is 1. The third kappa shape index (κ3) is 6.19. The van der Waals surface area contributed by atoms with Crippen LogP contribution in [0.25, 0.3) is 5.69 Å². The highest BCUT2D eigenvalue weighted by molar-refractivity contribution is 7.99. The molecule has 0 radical (unpaired) electrons. The lowest BCUT2D eigenvalue weighted by Gasteiger charge is -2.12. The summed E-state index contributed by atoms with van der Waals surface area (Å²) in [4.78, 5) is 12.5. The van der Waals surface area contributed by atoms with Gasteiger partial charge in [0.05, 0.1) is 12.9 Å². The van der Waals surface area contributed by atoms with Crippen molar-refractivity contribution in [3.05, 3.63) is 89.5 Å². The number of hydrogen-bond donors (Lipinski definition) is 1. The Morgan fingerprint density at radius 2 is 1.71 bits per heavy atom. The van der Waals surface area contributed by atoms with Crippen molar-refractivity contribution in [1.82, 2.24) is 14.8 Å². The molecule has 0 unspecified atom stereocenters. The second-order valence-electron chi connectivity index (χ2n) is 7.83. The molecule has 0 atom stereocenters. The van der Waals surface area contributed by atoms with Crippen molar-refractivity contribution in [2.45, 2.75) is 25.6 Å². The Bertz CT molecular complexity index is 1310. The van der Waals surface area contributed by atoms with Crippen LogP contribution in [-0.4, -0.2) is 33.5 Å². The predicted molar refractivity (Wildman–Crippen MR) is 134 cm³/mol. The zero-order chi connectivity index (χ0) is 24.8. The van der Waals surface area contributed by atoms with Crippen LogP contribution >= 0.6 is 11.8 Å². The number of nitrogens with one attached hydrogen (secondary N) is 1. The van der Waals surface area contributed by atoms with Gasteiger partial charge in [-0.25, -0.2) is 4.39 Å². The maximum absolute atomic E-state index is 13.8. The summed E-state index contributed by atoms with van der Waals surface area (Å²) in [7, 11) is 1.61. The quantitative estimate of drug-likeness (QED) is 0.318. The van der Waals surface area contributed by atoms with Gasteiger partial charge in [-0.15, -0.1) is 10.2 Å². The number of amides is 1. The monoisotopic (exact) mass is 492 g/mol. The molecule has 0 fully saturated rings. The highest BCUT2D eigenvalue weighted by atomic mass is 32.2. The number of halogens is 1. The molecule has 0 aliphatic carbocycles. The Balaban J connectivity index is 1.51. The zero-order valence-corrected chi connectivity index (χ0v) is 20.4. The van der Waals surface area contributed by atoms with Crippen LogP contribution in [0.5, 0.6) is 11.5 Å². The van der Waals surface area contributed by atoms with Crippen LogP contribution in [0.4, 0.5) is 10.1 Å². The Labute approximate surface area is 207 Å². The summed E-state index contributed by atoms with van der Waals surface area (Å²) in [6.07, 6.45) is 0. The molecule has 1 heterocycles. The van der Waals surface area contributed by atoms with Crippen molar-refractivity contribution < 1.29 is 18.7 Å². The first-order valence-electron chi connectivity index (χ1n) is 10.9. The van der Waals surface area contributed by atoms with E-state index in [1.165, 1.54) is 17.8 Å². The average molecular weight is 493 g/mol. The molecule has 3 aromatic carbocycles. The van der Waals surface area contributed by atoms with E-state index in [0.717, 1.165) is 22.7 Å². The first-order chi connectivity index (χ1) is 16.9. The minimum atomic E-state index is -0.368. The molecule has 0 saturated heterocycles. The van der Waals surface area contributed by atoms with Crippen LogP contribution in [0.15, 0.2) is 71.9 Å². The molecule has 0 aliphatic rings. The van der Waals surface area contributed by atoms with E-state index in [0.29, 0.717) is 22.2 Å². The molecule has 1 N–H and O–H groups in total. The fraction of sp³-hybridized carbons (Fsp3) is 0.192. The van der Waals surface area contributed by atoms with Crippen molar-refractivity contribution in [2.24, 2.45) is 0 Å². The molecule has 4 aromatic rings. The van der Waals surface area contributed by atoms with Crippen LogP contribution in [0.3, 0.4) is 0 Å². The first-order valence-corrected chi connectivity index (χ1v) is 11.9. The molecule has 4 rings (SSSR count). The molecule has 0 saturated carbocycles. The van der Waals surface area contributed by atoms with Crippen molar-refractivity contribution in [1.29, 1.82) is 0 Å². The standard InChI is InChI=1S/C26H25FN4O3S/c1-17-4-10-22(11-5-17)34-15-24-29-30-26(31(24)20-8-12-21(33-3)13-9-20)35-16-25(32)28-19-7-6-18(2)23(27)14-19/h4-14H,15-16H2,1-3H3,(H,28,32). The summed E-state index contributed by atoms with van der Waals surface area (Å²) in [5.41, 5.74) is 2.87. The van der Waals surface area contributed by atoms with Gasteiger partial charge in [-0.05, 0) is 67.9 Å². The number of methoxy groups -OCH3 is 1. The molecule has 1 amide bonds. The Kier molecular flexibility index (Phi) is 7.67. The molecule has 1 aromatic heterocycles. The molecule has 180 valence electrons. The van der Waals surface area contributed by atoms with Gasteiger partial charge in [-0.1, -0.05) is 35.5 Å². The number of carbonyl (C=O) groups is 1. The molecule has 0 spiro atoms. The van der Waals surface area contributed by atoms with E-state index in [-0.39, 0.29) is 24.1 Å². The molecule has 9 heteroatoms. The Morgan fingerprint density at radius 1 is 1.00 bits per heavy atom. The van der Waals surface area contributed by atoms with E-state index < -0.39 is 0 Å². The summed E-state index contributed by atoms with van der Waals surface area (Å²) in [5, 5.41) is 11.8. The molecular formula is C26H25FN4O3S. The lowest BCUT2D eigenvalue weighted by molar-refractivity contribution is -0.113. The first kappa shape index (κ1) is 24.3. The lowest BCUT2D eigenvalue weighted by atomic mass is 10.2. The van der Waals surface area contributed by atoms with Gasteiger partial charge in [0, 0.05) is 11.4 Å². The summed E-state index contributed by atoms with van der Waals surface area (Å²) in [6, 6.07) is 19.8. The highest BCUT2D eigenvalue weighted by Gasteiger charge is 2.17. The van der Waals surface area contributed by atoms with Gasteiger partial charge in [-0.2, -0.15) is 0 Å². The second kappa shape index (κ2) is 11.1. The van der Waals surface area contributed by atoms with Crippen molar-refractivity contribution in [2.75, 3.05) is 18.2 Å². The smallest absolute Gasteiger partial charge is 0.234 e. The number of ether oxygens (including phenoxy) is 2. The van der Waals surface area contributed by atoms with E-state index in [4.69, 9.17) is 9.47 Å². The number of nitrogens with zero attached hydrogens (tertiary/aromatic N) is 3. The highest BCUT2D eigenvalue weighted by Crippen LogP contribution is 2.25. The summed E-state index contributed by atoms with van der Waals surface area (Å²) in [6.45, 7) is 3.87. The van der Waals surface area contributed by atoms with Gasteiger partial charge in [0.1, 0.15) is 23.9 Å². The van der Waals surface area contributed by atoms with Gasteiger partial charge in [-0.3, -0.25) is 9.36 Å². The van der Waals surface area contributed by atoms with Gasteiger partial charge >= 0.3 is 0 Å². The Morgan fingerprint density at radius 3 is 2.40 bits per heavy atom. The molecule has 7 nitrogen and oxygen atoms in total. The topological polar surface area (TPSA) is 78.3 Å². The minimum absolute atomic E-state index is 0.0720. The number of carbonyl (C=O) groups excluding carboxylic acids is 1. The van der Waals surface area contributed by atoms with Gasteiger partial charge in [0.15, 0.2) is 11.0 Å². The second-order valence-corrected chi connectivity index (χ2v) is 8.78. The molecule has 0 aliphatic heterocycles. The number of aromatic nitrogens is 3. The zero-order valence-electron chi connectivity index (χ0n) is 19.6. The van der Waals surface area contributed by atoms with E-state index >= 15 is 0 Å². The van der Waals surface area contributed by atoms with Crippen LogP contribution in [-0.2, 0) is 11.4 Å². The Hall–Kier alpha value is -3.85. The lowest BCUT2D eigenvalue weighted by Crippen LogP contribution is -2.15. The number of hydrogen-bond acceptors (Lipinski definition) is 6. The van der Waals surface area contributed by atoms with Crippen molar-refractivity contribution in [3.63, 3.8) is 0 Å². The number of rotatable bonds is 9.